The summed E-state index contributed by atoms with van der Waals surface area (Å²) in [5.41, 5.74) is 0.575. The van der Waals surface area contributed by atoms with Gasteiger partial charge in [0.1, 0.15) is 6.20 Å². The predicted molar refractivity (Wildman–Crippen MR) is 56.1 cm³/mol. The molecule has 5 nitrogen and oxygen atoms in total. The number of nitro groups is 1. The number of halogens is 1. The summed E-state index contributed by atoms with van der Waals surface area (Å²) in [5, 5.41) is 10.4. The van der Waals surface area contributed by atoms with Crippen LogP contribution in [0.2, 0.25) is 0 Å². The molecular weight excluding hydrogens is 220 g/mol. The number of pyridine rings is 1. The van der Waals surface area contributed by atoms with E-state index in [1.165, 1.54) is 19.5 Å². The predicted octanol–water partition coefficient (Wildman–Crippen LogP) is 1.79. The summed E-state index contributed by atoms with van der Waals surface area (Å²) in [6.07, 6.45) is 3.14. The van der Waals surface area contributed by atoms with Crippen molar-refractivity contribution in [3.63, 3.8) is 0 Å². The molecule has 0 bridgehead atoms. The number of hydrogen-bond acceptors (Lipinski definition) is 4. The van der Waals surface area contributed by atoms with Crippen molar-refractivity contribution in [2.75, 3.05) is 13.7 Å². The van der Waals surface area contributed by atoms with Crippen LogP contribution in [-0.2, 0) is 11.2 Å². The summed E-state index contributed by atoms with van der Waals surface area (Å²) in [5.74, 6) is 0. The first-order chi connectivity index (χ1) is 7.15. The maximum Gasteiger partial charge on any atom is 0.290 e. The van der Waals surface area contributed by atoms with Crippen molar-refractivity contribution in [2.24, 2.45) is 0 Å². The highest BCUT2D eigenvalue weighted by molar-refractivity contribution is 6.20. The molecule has 15 heavy (non-hydrogen) atoms. The van der Waals surface area contributed by atoms with E-state index in [4.69, 9.17) is 16.3 Å². The van der Waals surface area contributed by atoms with Gasteiger partial charge in [0.15, 0.2) is 0 Å². The molecule has 1 unspecified atom stereocenters. The average Bonchev–Trinajstić information content (AvgIpc) is 2.18. The van der Waals surface area contributed by atoms with E-state index in [1.807, 2.05) is 0 Å². The van der Waals surface area contributed by atoms with E-state index in [1.54, 1.807) is 6.07 Å². The van der Waals surface area contributed by atoms with Crippen LogP contribution in [0.15, 0.2) is 18.5 Å². The minimum Gasteiger partial charge on any atom is -0.383 e. The first kappa shape index (κ1) is 11.9. The van der Waals surface area contributed by atoms with Crippen LogP contribution in [0.25, 0.3) is 0 Å². The zero-order valence-electron chi connectivity index (χ0n) is 8.22. The SMILES string of the molecule is COCC(Cl)Cc1ccncc1[N+](=O)[O-]. The number of rotatable bonds is 5. The van der Waals surface area contributed by atoms with E-state index in [9.17, 15) is 10.1 Å². The monoisotopic (exact) mass is 230 g/mol. The molecule has 1 atom stereocenters. The van der Waals surface area contributed by atoms with E-state index < -0.39 is 4.92 Å². The Balaban J connectivity index is 2.79. The largest absolute Gasteiger partial charge is 0.383 e. The second kappa shape index (κ2) is 5.63. The molecule has 0 aliphatic heterocycles. The summed E-state index contributed by atoms with van der Waals surface area (Å²) in [6, 6.07) is 1.60. The Bertz CT molecular complexity index is 346. The molecule has 82 valence electrons. The van der Waals surface area contributed by atoms with Gasteiger partial charge in [-0.2, -0.15) is 0 Å². The minimum absolute atomic E-state index is 0.000692. The molecule has 0 spiro atoms. The molecule has 0 saturated heterocycles. The third-order valence-electron chi connectivity index (χ3n) is 1.87. The number of methoxy groups -OCH3 is 1. The fourth-order valence-corrected chi connectivity index (χ4v) is 1.52. The Morgan fingerprint density at radius 3 is 3.07 bits per heavy atom. The Morgan fingerprint density at radius 2 is 2.47 bits per heavy atom. The molecule has 6 heteroatoms. The lowest BCUT2D eigenvalue weighted by atomic mass is 10.1. The van der Waals surface area contributed by atoms with Crippen molar-refractivity contribution < 1.29 is 9.66 Å². The lowest BCUT2D eigenvalue weighted by Gasteiger charge is -2.07. The van der Waals surface area contributed by atoms with Crippen LogP contribution < -0.4 is 0 Å². The third kappa shape index (κ3) is 3.45. The smallest absolute Gasteiger partial charge is 0.290 e. The molecule has 0 aromatic carbocycles. The zero-order chi connectivity index (χ0) is 11.3. The molecule has 0 N–H and O–H groups in total. The van der Waals surface area contributed by atoms with Crippen LogP contribution >= 0.6 is 11.6 Å². The lowest BCUT2D eigenvalue weighted by Crippen LogP contribution is -2.11. The number of nitrogens with zero attached hydrogens (tertiary/aromatic N) is 2. The van der Waals surface area contributed by atoms with E-state index >= 15 is 0 Å². The minimum atomic E-state index is -0.460. The van der Waals surface area contributed by atoms with Gasteiger partial charge in [0.05, 0.1) is 16.9 Å². The highest BCUT2D eigenvalue weighted by atomic mass is 35.5. The third-order valence-corrected chi connectivity index (χ3v) is 2.15. The van der Waals surface area contributed by atoms with Crippen molar-refractivity contribution in [1.29, 1.82) is 0 Å². The molecule has 0 radical (unpaired) electrons. The Hall–Kier alpha value is -1.20. The first-order valence-corrected chi connectivity index (χ1v) is 4.79. The molecule has 0 aliphatic rings. The topological polar surface area (TPSA) is 65.3 Å². The molecule has 1 aromatic heterocycles. The van der Waals surface area contributed by atoms with Gasteiger partial charge in [-0.05, 0) is 12.5 Å². The average molecular weight is 231 g/mol. The van der Waals surface area contributed by atoms with Crippen LogP contribution in [0.4, 0.5) is 5.69 Å². The van der Waals surface area contributed by atoms with Crippen molar-refractivity contribution in [2.45, 2.75) is 11.8 Å². The molecule has 0 saturated carbocycles. The molecular formula is C9H11ClN2O3. The van der Waals surface area contributed by atoms with Gasteiger partial charge < -0.3 is 4.74 Å². The fraction of sp³-hybridized carbons (Fsp3) is 0.444. The van der Waals surface area contributed by atoms with Crippen molar-refractivity contribution >= 4 is 17.3 Å². The maximum atomic E-state index is 10.7. The van der Waals surface area contributed by atoms with Gasteiger partial charge >= 0.3 is 0 Å². The number of hydrogen-bond donors (Lipinski definition) is 0. The second-order valence-electron chi connectivity index (χ2n) is 3.02. The van der Waals surface area contributed by atoms with Crippen molar-refractivity contribution in [3.8, 4) is 0 Å². The standard InChI is InChI=1S/C9H11ClN2O3/c1-15-6-8(10)4-7-2-3-11-5-9(7)12(13)14/h2-3,5,8H,4,6H2,1H3. The Kier molecular flexibility index (Phi) is 4.45. The van der Waals surface area contributed by atoms with Gasteiger partial charge in [0, 0.05) is 18.9 Å². The van der Waals surface area contributed by atoms with Crippen LogP contribution in [0.1, 0.15) is 5.56 Å². The van der Waals surface area contributed by atoms with Crippen molar-refractivity contribution in [1.82, 2.24) is 4.98 Å². The summed E-state index contributed by atoms with van der Waals surface area (Å²) < 4.78 is 4.86. The summed E-state index contributed by atoms with van der Waals surface area (Å²) >= 11 is 5.92. The Labute approximate surface area is 92.2 Å². The van der Waals surface area contributed by atoms with Gasteiger partial charge in [0.2, 0.25) is 0 Å². The normalized spacial score (nSPS) is 12.4. The zero-order valence-corrected chi connectivity index (χ0v) is 8.98. The molecule has 1 heterocycles. The maximum absolute atomic E-state index is 10.7. The fourth-order valence-electron chi connectivity index (χ4n) is 1.23. The van der Waals surface area contributed by atoms with Crippen LogP contribution in [-0.4, -0.2) is 29.0 Å². The van der Waals surface area contributed by atoms with E-state index in [-0.39, 0.29) is 11.1 Å². The number of alkyl halides is 1. The molecule has 1 aromatic rings. The van der Waals surface area contributed by atoms with Crippen molar-refractivity contribution in [3.05, 3.63) is 34.1 Å². The van der Waals surface area contributed by atoms with Gasteiger partial charge in [-0.1, -0.05) is 0 Å². The van der Waals surface area contributed by atoms with Crippen LogP contribution in [0.3, 0.4) is 0 Å². The lowest BCUT2D eigenvalue weighted by molar-refractivity contribution is -0.385. The summed E-state index contributed by atoms with van der Waals surface area (Å²) in [7, 11) is 1.54. The quantitative estimate of drug-likeness (QED) is 0.439. The molecule has 0 amide bonds. The van der Waals surface area contributed by atoms with Gasteiger partial charge in [-0.3, -0.25) is 15.1 Å². The molecule has 1 rings (SSSR count). The van der Waals surface area contributed by atoms with Gasteiger partial charge in [0.25, 0.3) is 5.69 Å². The Morgan fingerprint density at radius 1 is 1.73 bits per heavy atom. The van der Waals surface area contributed by atoms with E-state index in [0.29, 0.717) is 18.6 Å². The highest BCUT2D eigenvalue weighted by Gasteiger charge is 2.16. The molecule has 0 aliphatic carbocycles. The van der Waals surface area contributed by atoms with E-state index in [0.717, 1.165) is 0 Å². The van der Waals surface area contributed by atoms with Crippen LogP contribution in [0.5, 0.6) is 0 Å². The molecule has 0 fully saturated rings. The first-order valence-electron chi connectivity index (χ1n) is 4.35. The second-order valence-corrected chi connectivity index (χ2v) is 3.64. The summed E-state index contributed by atoms with van der Waals surface area (Å²) in [6.45, 7) is 0.362. The van der Waals surface area contributed by atoms with Gasteiger partial charge in [-0.15, -0.1) is 11.6 Å². The number of aromatic nitrogens is 1. The van der Waals surface area contributed by atoms with Crippen LogP contribution in [0, 0.1) is 10.1 Å². The van der Waals surface area contributed by atoms with Gasteiger partial charge in [-0.25, -0.2) is 0 Å². The highest BCUT2D eigenvalue weighted by Crippen LogP contribution is 2.19. The number of ether oxygens (including phenoxy) is 1. The van der Waals surface area contributed by atoms with E-state index in [2.05, 4.69) is 4.98 Å². The summed E-state index contributed by atoms with van der Waals surface area (Å²) in [4.78, 5) is 13.9.